The van der Waals surface area contributed by atoms with Crippen LogP contribution in [0.4, 0.5) is 5.69 Å². The van der Waals surface area contributed by atoms with Crippen LogP contribution in [0.25, 0.3) is 0 Å². The van der Waals surface area contributed by atoms with Crippen molar-refractivity contribution in [2.24, 2.45) is 0 Å². The van der Waals surface area contributed by atoms with Gasteiger partial charge in [0.1, 0.15) is 17.5 Å². The Kier molecular flexibility index (Phi) is 7.90. The van der Waals surface area contributed by atoms with Crippen LogP contribution >= 0.6 is 0 Å². The summed E-state index contributed by atoms with van der Waals surface area (Å²) in [6, 6.07) is 13.2. The number of methoxy groups -OCH3 is 1. The number of nitrogens with zero attached hydrogens (tertiary/aromatic N) is 1. The molecule has 2 rings (SSSR count). The molecule has 0 fully saturated rings. The first kappa shape index (κ1) is 22.5. The third-order valence-electron chi connectivity index (χ3n) is 4.36. The number of amides is 1. The molecule has 29 heavy (non-hydrogen) atoms. The van der Waals surface area contributed by atoms with Crippen LogP contribution in [0.3, 0.4) is 0 Å². The molecule has 2 aromatic rings. The second-order valence-corrected chi connectivity index (χ2v) is 8.30. The number of carbonyl (C=O) groups excluding carboxylic acids is 1. The molecule has 0 heterocycles. The fourth-order valence-corrected chi connectivity index (χ4v) is 4.26. The van der Waals surface area contributed by atoms with Crippen molar-refractivity contribution >= 4 is 21.6 Å². The predicted molar refractivity (Wildman–Crippen MR) is 114 cm³/mol. The van der Waals surface area contributed by atoms with Crippen molar-refractivity contribution in [3.05, 3.63) is 54.1 Å². The van der Waals surface area contributed by atoms with Crippen molar-refractivity contribution in [1.29, 1.82) is 0 Å². The van der Waals surface area contributed by atoms with Gasteiger partial charge in [0, 0.05) is 18.2 Å². The van der Waals surface area contributed by atoms with Gasteiger partial charge in [-0.2, -0.15) is 0 Å². The smallest absolute Gasteiger partial charge is 0.244 e. The first-order chi connectivity index (χ1) is 13.8. The predicted octanol–water partition coefficient (Wildman–Crippen LogP) is 2.95. The quantitative estimate of drug-likeness (QED) is 0.639. The van der Waals surface area contributed by atoms with E-state index in [1.807, 2.05) is 31.2 Å². The lowest BCUT2D eigenvalue weighted by Gasteiger charge is -2.30. The number of carbonyl (C=O) groups is 1. The lowest BCUT2D eigenvalue weighted by atomic mass is 10.1. The number of para-hydroxylation sites is 1. The highest BCUT2D eigenvalue weighted by Gasteiger charge is 2.31. The maximum absolute atomic E-state index is 12.9. The normalized spacial score (nSPS) is 12.1. The van der Waals surface area contributed by atoms with E-state index in [4.69, 9.17) is 9.47 Å². The zero-order valence-corrected chi connectivity index (χ0v) is 18.0. The molecule has 0 unspecified atom stereocenters. The number of hydrogen-bond donors (Lipinski definition) is 1. The SMILES string of the molecule is CCOc1ccccc1CNC(=O)[C@@H](CC)N(c1cccc(OC)c1)S(C)(=O)=O. The van der Waals surface area contributed by atoms with Crippen LogP contribution in [-0.2, 0) is 21.4 Å². The minimum absolute atomic E-state index is 0.237. The fourth-order valence-electron chi connectivity index (χ4n) is 3.05. The van der Waals surface area contributed by atoms with Crippen molar-refractivity contribution in [3.8, 4) is 11.5 Å². The first-order valence-corrected chi connectivity index (χ1v) is 11.3. The molecule has 1 amide bonds. The van der Waals surface area contributed by atoms with Gasteiger partial charge in [-0.1, -0.05) is 31.2 Å². The summed E-state index contributed by atoms with van der Waals surface area (Å²) in [6.07, 6.45) is 1.40. The maximum atomic E-state index is 12.9. The van der Waals surface area contributed by atoms with Crippen LogP contribution in [0, 0.1) is 0 Å². The molecule has 1 N–H and O–H groups in total. The van der Waals surface area contributed by atoms with Crippen LogP contribution in [0.2, 0.25) is 0 Å². The minimum atomic E-state index is -3.71. The lowest BCUT2D eigenvalue weighted by Crippen LogP contribution is -2.49. The van der Waals surface area contributed by atoms with Gasteiger partial charge >= 0.3 is 0 Å². The molecule has 0 radical (unpaired) electrons. The summed E-state index contributed by atoms with van der Waals surface area (Å²) in [7, 11) is -2.20. The zero-order valence-electron chi connectivity index (χ0n) is 17.2. The second-order valence-electron chi connectivity index (χ2n) is 6.44. The Morgan fingerprint density at radius 2 is 1.86 bits per heavy atom. The highest BCUT2D eigenvalue weighted by Crippen LogP contribution is 2.26. The summed E-state index contributed by atoms with van der Waals surface area (Å²) in [4.78, 5) is 12.9. The standard InChI is InChI=1S/C21H28N2O5S/c1-5-19(21(24)22-15-16-10-7-8-13-20(16)28-6-2)23(29(4,25)26)17-11-9-12-18(14-17)27-3/h7-14,19H,5-6,15H2,1-4H3,(H,22,24)/t19-/m1/s1. The highest BCUT2D eigenvalue weighted by atomic mass is 32.2. The third-order valence-corrected chi connectivity index (χ3v) is 5.54. The number of hydrogen-bond acceptors (Lipinski definition) is 5. The molecule has 0 aliphatic carbocycles. The molecule has 0 aliphatic rings. The van der Waals surface area contributed by atoms with Crippen molar-refractivity contribution in [2.45, 2.75) is 32.9 Å². The van der Waals surface area contributed by atoms with Gasteiger partial charge in [0.05, 0.1) is 25.7 Å². The topological polar surface area (TPSA) is 84.9 Å². The van der Waals surface area contributed by atoms with Crippen molar-refractivity contribution < 1.29 is 22.7 Å². The van der Waals surface area contributed by atoms with E-state index >= 15 is 0 Å². The number of nitrogens with one attached hydrogen (secondary N) is 1. The zero-order chi connectivity index (χ0) is 21.4. The number of ether oxygens (including phenoxy) is 2. The summed E-state index contributed by atoms with van der Waals surface area (Å²) < 4.78 is 37.0. The molecule has 1 atom stereocenters. The highest BCUT2D eigenvalue weighted by molar-refractivity contribution is 7.92. The maximum Gasteiger partial charge on any atom is 0.244 e. The molecule has 0 spiro atoms. The van der Waals surface area contributed by atoms with Gasteiger partial charge in [0.2, 0.25) is 15.9 Å². The molecular weight excluding hydrogens is 392 g/mol. The molecule has 7 nitrogen and oxygen atoms in total. The van der Waals surface area contributed by atoms with Gasteiger partial charge in [0.25, 0.3) is 0 Å². The van der Waals surface area contributed by atoms with Gasteiger partial charge in [-0.15, -0.1) is 0 Å². The Morgan fingerprint density at radius 3 is 2.48 bits per heavy atom. The Bertz CT molecular complexity index is 930. The van der Waals surface area contributed by atoms with Crippen LogP contribution in [0.15, 0.2) is 48.5 Å². The summed E-state index contributed by atoms with van der Waals surface area (Å²) in [6.45, 7) is 4.42. The monoisotopic (exact) mass is 420 g/mol. The van der Waals surface area contributed by atoms with Gasteiger partial charge in [-0.3, -0.25) is 9.10 Å². The van der Waals surface area contributed by atoms with E-state index in [1.54, 1.807) is 31.2 Å². The number of anilines is 1. The third kappa shape index (κ3) is 5.87. The van der Waals surface area contributed by atoms with Gasteiger partial charge < -0.3 is 14.8 Å². The Morgan fingerprint density at radius 1 is 1.14 bits per heavy atom. The molecule has 0 bridgehead atoms. The Balaban J connectivity index is 2.27. The Hall–Kier alpha value is -2.74. The van der Waals surface area contributed by atoms with E-state index in [2.05, 4.69) is 5.32 Å². The van der Waals surface area contributed by atoms with E-state index in [0.29, 0.717) is 30.2 Å². The average Bonchev–Trinajstić information content (AvgIpc) is 2.70. The van der Waals surface area contributed by atoms with Gasteiger partial charge in [-0.05, 0) is 31.5 Å². The number of benzene rings is 2. The number of rotatable bonds is 10. The minimum Gasteiger partial charge on any atom is -0.497 e. The van der Waals surface area contributed by atoms with E-state index in [1.165, 1.54) is 7.11 Å². The summed E-state index contributed by atoms with van der Waals surface area (Å²) in [5, 5.41) is 2.84. The second kappa shape index (κ2) is 10.2. The number of sulfonamides is 1. The van der Waals surface area contributed by atoms with Gasteiger partial charge in [-0.25, -0.2) is 8.42 Å². The molecular formula is C21H28N2O5S. The van der Waals surface area contributed by atoms with Gasteiger partial charge in [0.15, 0.2) is 0 Å². The molecule has 8 heteroatoms. The molecule has 0 saturated carbocycles. The Labute approximate surface area is 172 Å². The molecule has 2 aromatic carbocycles. The summed E-state index contributed by atoms with van der Waals surface area (Å²) >= 11 is 0. The first-order valence-electron chi connectivity index (χ1n) is 9.43. The lowest BCUT2D eigenvalue weighted by molar-refractivity contribution is -0.122. The van der Waals surface area contributed by atoms with E-state index in [0.717, 1.165) is 16.1 Å². The summed E-state index contributed by atoms with van der Waals surface area (Å²) in [5.41, 5.74) is 1.20. The van der Waals surface area contributed by atoms with Crippen LogP contribution < -0.4 is 19.1 Å². The fraction of sp³-hybridized carbons (Fsp3) is 0.381. The van der Waals surface area contributed by atoms with Crippen LogP contribution in [0.5, 0.6) is 11.5 Å². The van der Waals surface area contributed by atoms with Crippen molar-refractivity contribution in [3.63, 3.8) is 0 Å². The van der Waals surface area contributed by atoms with Crippen molar-refractivity contribution in [1.82, 2.24) is 5.32 Å². The van der Waals surface area contributed by atoms with E-state index in [-0.39, 0.29) is 12.5 Å². The average molecular weight is 421 g/mol. The van der Waals surface area contributed by atoms with E-state index < -0.39 is 16.1 Å². The van der Waals surface area contributed by atoms with Crippen molar-refractivity contribution in [2.75, 3.05) is 24.3 Å². The van der Waals surface area contributed by atoms with Crippen LogP contribution in [0.1, 0.15) is 25.8 Å². The molecule has 0 aliphatic heterocycles. The van der Waals surface area contributed by atoms with Crippen LogP contribution in [-0.4, -0.2) is 40.3 Å². The van der Waals surface area contributed by atoms with E-state index in [9.17, 15) is 13.2 Å². The summed E-state index contributed by atoms with van der Waals surface area (Å²) in [5.74, 6) is 0.820. The molecule has 158 valence electrons. The molecule has 0 aromatic heterocycles. The largest absolute Gasteiger partial charge is 0.497 e. The molecule has 0 saturated heterocycles.